The third-order valence-electron chi connectivity index (χ3n) is 3.50. The summed E-state index contributed by atoms with van der Waals surface area (Å²) in [4.78, 5) is 16.0. The smallest absolute Gasteiger partial charge is 0.337 e. The first-order valence-electron chi connectivity index (χ1n) is 6.71. The lowest BCUT2D eigenvalue weighted by molar-refractivity contribution is 0.0600. The number of ether oxygens (including phenoxy) is 1. The average Bonchev–Trinajstić information content (AvgIpc) is 3.09. The van der Waals surface area contributed by atoms with Gasteiger partial charge in [-0.05, 0) is 45.7 Å². The van der Waals surface area contributed by atoms with Crippen LogP contribution >= 0.6 is 11.3 Å². The molecule has 0 saturated carbocycles. The molecular weight excluding hydrogens is 282 g/mol. The number of allylic oxidation sites excluding steroid dienone is 1. The van der Waals surface area contributed by atoms with Gasteiger partial charge in [-0.25, -0.2) is 4.79 Å². The molecule has 0 unspecified atom stereocenters. The van der Waals surface area contributed by atoms with Gasteiger partial charge in [0.05, 0.1) is 18.7 Å². The maximum Gasteiger partial charge on any atom is 0.337 e. The maximum absolute atomic E-state index is 11.4. The highest BCUT2D eigenvalue weighted by Crippen LogP contribution is 2.30. The van der Waals surface area contributed by atoms with Crippen LogP contribution in [0.1, 0.15) is 33.9 Å². The van der Waals surface area contributed by atoms with Crippen LogP contribution in [-0.2, 0) is 4.74 Å². The lowest BCUT2D eigenvalue weighted by Crippen LogP contribution is -2.03. The standard InChI is InChI=1S/C17H15NO2S/c1-20-17(19)13-4-2-12(3-5-13)16-10-14(6-8-18-16)15-7-9-21-11-15/h2-5,7-11,16H,6H2,1H3/t16-/m0/s1. The summed E-state index contributed by atoms with van der Waals surface area (Å²) in [6, 6.07) is 9.57. The number of thiophene rings is 1. The van der Waals surface area contributed by atoms with Gasteiger partial charge in [0.2, 0.25) is 0 Å². The number of aliphatic imine (C=N–C) groups is 1. The molecule has 106 valence electrons. The molecule has 0 saturated heterocycles. The molecule has 21 heavy (non-hydrogen) atoms. The van der Waals surface area contributed by atoms with Crippen LogP contribution in [0.5, 0.6) is 0 Å². The summed E-state index contributed by atoms with van der Waals surface area (Å²) >= 11 is 1.70. The number of hydrogen-bond donors (Lipinski definition) is 0. The van der Waals surface area contributed by atoms with Gasteiger partial charge in [-0.3, -0.25) is 4.99 Å². The highest BCUT2D eigenvalue weighted by Gasteiger charge is 2.14. The van der Waals surface area contributed by atoms with Crippen LogP contribution in [-0.4, -0.2) is 19.3 Å². The summed E-state index contributed by atoms with van der Waals surface area (Å²) in [7, 11) is 1.39. The summed E-state index contributed by atoms with van der Waals surface area (Å²) in [6.45, 7) is 0. The van der Waals surface area contributed by atoms with Crippen molar-refractivity contribution >= 4 is 29.1 Å². The number of carbonyl (C=O) groups is 1. The summed E-state index contributed by atoms with van der Waals surface area (Å²) in [6.07, 6.45) is 5.02. The van der Waals surface area contributed by atoms with Crippen molar-refractivity contribution in [3.63, 3.8) is 0 Å². The Morgan fingerprint density at radius 3 is 2.76 bits per heavy atom. The van der Waals surface area contributed by atoms with E-state index in [0.717, 1.165) is 12.0 Å². The Kier molecular flexibility index (Phi) is 3.97. The van der Waals surface area contributed by atoms with Crippen molar-refractivity contribution in [3.8, 4) is 0 Å². The summed E-state index contributed by atoms with van der Waals surface area (Å²) in [5.74, 6) is -0.316. The molecule has 3 rings (SSSR count). The first-order chi connectivity index (χ1) is 10.3. The molecule has 1 aromatic carbocycles. The second kappa shape index (κ2) is 6.06. The highest BCUT2D eigenvalue weighted by molar-refractivity contribution is 7.08. The third-order valence-corrected chi connectivity index (χ3v) is 4.18. The predicted molar refractivity (Wildman–Crippen MR) is 85.9 cm³/mol. The van der Waals surface area contributed by atoms with Crippen LogP contribution in [0.4, 0.5) is 0 Å². The lowest BCUT2D eigenvalue weighted by atomic mass is 9.97. The summed E-state index contributed by atoms with van der Waals surface area (Å²) in [5, 5.41) is 4.24. The molecule has 0 fully saturated rings. The number of carbonyl (C=O) groups excluding carboxylic acids is 1. The summed E-state index contributed by atoms with van der Waals surface area (Å²) in [5.41, 5.74) is 4.20. The van der Waals surface area contributed by atoms with Gasteiger partial charge in [-0.15, -0.1) is 0 Å². The molecule has 0 spiro atoms. The van der Waals surface area contributed by atoms with Gasteiger partial charge in [0.15, 0.2) is 0 Å². The number of hydrogen-bond acceptors (Lipinski definition) is 4. The fourth-order valence-electron chi connectivity index (χ4n) is 2.34. The number of benzene rings is 1. The zero-order chi connectivity index (χ0) is 14.7. The second-order valence-electron chi connectivity index (χ2n) is 4.80. The van der Waals surface area contributed by atoms with Gasteiger partial charge in [0.1, 0.15) is 0 Å². The van der Waals surface area contributed by atoms with Crippen molar-refractivity contribution in [2.24, 2.45) is 4.99 Å². The normalized spacial score (nSPS) is 17.4. The first-order valence-corrected chi connectivity index (χ1v) is 7.65. The van der Waals surface area contributed by atoms with E-state index in [9.17, 15) is 4.79 Å². The molecule has 1 aliphatic heterocycles. The quantitative estimate of drug-likeness (QED) is 0.799. The minimum absolute atomic E-state index is 0.0142. The molecule has 0 radical (unpaired) electrons. The van der Waals surface area contributed by atoms with Gasteiger partial charge < -0.3 is 4.74 Å². The molecule has 2 heterocycles. The number of methoxy groups -OCH3 is 1. The second-order valence-corrected chi connectivity index (χ2v) is 5.58. The Hall–Kier alpha value is -2.20. The van der Waals surface area contributed by atoms with Crippen molar-refractivity contribution in [2.75, 3.05) is 7.11 Å². The Labute approximate surface area is 127 Å². The van der Waals surface area contributed by atoms with Gasteiger partial charge in [-0.1, -0.05) is 18.2 Å². The van der Waals surface area contributed by atoms with Gasteiger partial charge in [-0.2, -0.15) is 11.3 Å². The van der Waals surface area contributed by atoms with Crippen LogP contribution in [0.25, 0.3) is 5.57 Å². The minimum atomic E-state index is -0.316. The van der Waals surface area contributed by atoms with E-state index in [1.165, 1.54) is 18.2 Å². The fourth-order valence-corrected chi connectivity index (χ4v) is 3.02. The van der Waals surface area contributed by atoms with Crippen molar-refractivity contribution in [3.05, 3.63) is 63.9 Å². The molecule has 4 heteroatoms. The van der Waals surface area contributed by atoms with Crippen molar-refractivity contribution in [2.45, 2.75) is 12.5 Å². The fraction of sp³-hybridized carbons (Fsp3) is 0.176. The first kappa shape index (κ1) is 13.8. The molecule has 3 nitrogen and oxygen atoms in total. The average molecular weight is 297 g/mol. The van der Waals surface area contributed by atoms with Gasteiger partial charge in [0.25, 0.3) is 0 Å². The van der Waals surface area contributed by atoms with Crippen LogP contribution in [0.3, 0.4) is 0 Å². The number of esters is 1. The van der Waals surface area contributed by atoms with E-state index in [1.807, 2.05) is 18.3 Å². The van der Waals surface area contributed by atoms with Crippen LogP contribution < -0.4 is 0 Å². The molecule has 1 aliphatic rings. The third kappa shape index (κ3) is 2.95. The monoisotopic (exact) mass is 297 g/mol. The van der Waals surface area contributed by atoms with E-state index < -0.39 is 0 Å². The predicted octanol–water partition coefficient (Wildman–Crippen LogP) is 4.13. The van der Waals surface area contributed by atoms with Gasteiger partial charge >= 0.3 is 5.97 Å². The van der Waals surface area contributed by atoms with E-state index in [1.54, 1.807) is 23.5 Å². The topological polar surface area (TPSA) is 38.7 Å². The molecule has 0 aliphatic carbocycles. The number of rotatable bonds is 3. The minimum Gasteiger partial charge on any atom is -0.465 e. The van der Waals surface area contributed by atoms with Crippen LogP contribution in [0, 0.1) is 0 Å². The molecule has 2 aromatic rings. The molecule has 0 amide bonds. The number of nitrogens with zero attached hydrogens (tertiary/aromatic N) is 1. The van der Waals surface area contributed by atoms with E-state index in [0.29, 0.717) is 5.56 Å². The van der Waals surface area contributed by atoms with E-state index in [-0.39, 0.29) is 12.0 Å². The Bertz CT molecular complexity index is 684. The van der Waals surface area contributed by atoms with E-state index in [2.05, 4.69) is 27.9 Å². The molecule has 0 bridgehead atoms. The van der Waals surface area contributed by atoms with Gasteiger partial charge in [0, 0.05) is 12.6 Å². The highest BCUT2D eigenvalue weighted by atomic mass is 32.1. The van der Waals surface area contributed by atoms with Crippen molar-refractivity contribution in [1.29, 1.82) is 0 Å². The molecular formula is C17H15NO2S. The summed E-state index contributed by atoms with van der Waals surface area (Å²) < 4.78 is 4.71. The van der Waals surface area contributed by atoms with Crippen LogP contribution in [0.2, 0.25) is 0 Å². The van der Waals surface area contributed by atoms with Crippen molar-refractivity contribution < 1.29 is 9.53 Å². The number of dihydropyridines is 1. The zero-order valence-corrected chi connectivity index (χ0v) is 12.5. The molecule has 1 aromatic heterocycles. The van der Waals surface area contributed by atoms with E-state index >= 15 is 0 Å². The molecule has 1 atom stereocenters. The largest absolute Gasteiger partial charge is 0.465 e. The van der Waals surface area contributed by atoms with Crippen molar-refractivity contribution in [1.82, 2.24) is 0 Å². The Balaban J connectivity index is 1.84. The van der Waals surface area contributed by atoms with E-state index in [4.69, 9.17) is 4.74 Å². The SMILES string of the molecule is COC(=O)c1ccc([C@@H]2C=C(c3ccsc3)CC=N2)cc1. The zero-order valence-electron chi connectivity index (χ0n) is 11.7. The Morgan fingerprint density at radius 1 is 1.29 bits per heavy atom. The van der Waals surface area contributed by atoms with Crippen LogP contribution in [0.15, 0.2) is 52.2 Å². The lowest BCUT2D eigenvalue weighted by Gasteiger charge is -2.16. The maximum atomic E-state index is 11.4. The Morgan fingerprint density at radius 2 is 2.10 bits per heavy atom. The molecule has 0 N–H and O–H groups in total.